The number of aryl methyl sites for hydroxylation is 1. The Morgan fingerprint density at radius 3 is 2.88 bits per heavy atom. The summed E-state index contributed by atoms with van der Waals surface area (Å²) in [6.07, 6.45) is 2.00. The quantitative estimate of drug-likeness (QED) is 0.795. The van der Waals surface area contributed by atoms with E-state index in [4.69, 9.17) is 0 Å². The lowest BCUT2D eigenvalue weighted by molar-refractivity contribution is 0.0297. The molecule has 1 aromatic rings. The van der Waals surface area contributed by atoms with E-state index in [1.807, 2.05) is 19.9 Å². The molecule has 0 spiro atoms. The fourth-order valence-electron chi connectivity index (χ4n) is 2.09. The second-order valence-electron chi connectivity index (χ2n) is 4.77. The van der Waals surface area contributed by atoms with Gasteiger partial charge in [-0.25, -0.2) is 0 Å². The van der Waals surface area contributed by atoms with Gasteiger partial charge in [0.1, 0.15) is 0 Å². The van der Waals surface area contributed by atoms with Crippen molar-refractivity contribution in [2.75, 3.05) is 13.1 Å². The Hall–Kier alpha value is -1.42. The van der Waals surface area contributed by atoms with Gasteiger partial charge in [-0.1, -0.05) is 6.92 Å². The van der Waals surface area contributed by atoms with Crippen LogP contribution in [0.5, 0.6) is 0 Å². The van der Waals surface area contributed by atoms with E-state index in [2.05, 4.69) is 4.98 Å². The normalized spacial score (nSPS) is 24.8. The number of pyridine rings is 1. The molecule has 1 N–H and O–H groups in total. The SMILES string of the molecule is Cc1ccc(C(=O)N2CCC(O)C(C)C2)cn1. The van der Waals surface area contributed by atoms with Crippen molar-refractivity contribution in [1.29, 1.82) is 0 Å². The first-order chi connectivity index (χ1) is 8.08. The summed E-state index contributed by atoms with van der Waals surface area (Å²) in [7, 11) is 0. The molecule has 0 bridgehead atoms. The number of nitrogens with zero attached hydrogens (tertiary/aromatic N) is 2. The van der Waals surface area contributed by atoms with Crippen molar-refractivity contribution in [3.63, 3.8) is 0 Å². The van der Waals surface area contributed by atoms with E-state index in [0.717, 1.165) is 5.69 Å². The van der Waals surface area contributed by atoms with Crippen LogP contribution in [0.2, 0.25) is 0 Å². The van der Waals surface area contributed by atoms with Crippen LogP contribution in [0.1, 0.15) is 29.4 Å². The molecule has 17 heavy (non-hydrogen) atoms. The number of amides is 1. The Morgan fingerprint density at radius 1 is 1.53 bits per heavy atom. The van der Waals surface area contributed by atoms with Crippen LogP contribution in [-0.4, -0.2) is 40.1 Å². The first-order valence-electron chi connectivity index (χ1n) is 5.98. The van der Waals surface area contributed by atoms with E-state index in [-0.39, 0.29) is 17.9 Å². The summed E-state index contributed by atoms with van der Waals surface area (Å²) in [5.74, 6) is 0.155. The van der Waals surface area contributed by atoms with E-state index < -0.39 is 0 Å². The van der Waals surface area contributed by atoms with Crippen molar-refractivity contribution in [3.8, 4) is 0 Å². The average molecular weight is 234 g/mol. The Kier molecular flexibility index (Phi) is 3.43. The van der Waals surface area contributed by atoms with Gasteiger partial charge in [0.2, 0.25) is 0 Å². The first-order valence-corrected chi connectivity index (χ1v) is 5.98. The zero-order valence-electron chi connectivity index (χ0n) is 10.3. The Labute approximate surface area is 101 Å². The van der Waals surface area contributed by atoms with Crippen LogP contribution in [0, 0.1) is 12.8 Å². The monoisotopic (exact) mass is 234 g/mol. The molecule has 0 aromatic carbocycles. The van der Waals surface area contributed by atoms with Crippen LogP contribution in [0.15, 0.2) is 18.3 Å². The highest BCUT2D eigenvalue weighted by atomic mass is 16.3. The van der Waals surface area contributed by atoms with Crippen molar-refractivity contribution in [1.82, 2.24) is 9.88 Å². The summed E-state index contributed by atoms with van der Waals surface area (Å²) < 4.78 is 0. The second-order valence-corrected chi connectivity index (χ2v) is 4.77. The molecule has 0 aliphatic carbocycles. The van der Waals surface area contributed by atoms with E-state index in [0.29, 0.717) is 25.1 Å². The summed E-state index contributed by atoms with van der Waals surface area (Å²) in [6.45, 7) is 5.11. The number of piperidine rings is 1. The maximum Gasteiger partial charge on any atom is 0.255 e. The van der Waals surface area contributed by atoms with Gasteiger partial charge in [0.25, 0.3) is 5.91 Å². The number of hydrogen-bond donors (Lipinski definition) is 1. The first kappa shape index (κ1) is 12.0. The summed E-state index contributed by atoms with van der Waals surface area (Å²) in [5.41, 5.74) is 1.53. The maximum atomic E-state index is 12.2. The lowest BCUT2D eigenvalue weighted by Crippen LogP contribution is -2.44. The molecule has 0 saturated carbocycles. The highest BCUT2D eigenvalue weighted by Gasteiger charge is 2.27. The van der Waals surface area contributed by atoms with Gasteiger partial charge >= 0.3 is 0 Å². The van der Waals surface area contributed by atoms with Crippen LogP contribution >= 0.6 is 0 Å². The van der Waals surface area contributed by atoms with Crippen LogP contribution in [0.25, 0.3) is 0 Å². The Morgan fingerprint density at radius 2 is 2.29 bits per heavy atom. The van der Waals surface area contributed by atoms with Gasteiger partial charge < -0.3 is 10.0 Å². The molecule has 2 heterocycles. The summed E-state index contributed by atoms with van der Waals surface area (Å²) >= 11 is 0. The van der Waals surface area contributed by atoms with Crippen LogP contribution in [0.3, 0.4) is 0 Å². The predicted octanol–water partition coefficient (Wildman–Crippen LogP) is 1.23. The molecular weight excluding hydrogens is 216 g/mol. The molecule has 1 aliphatic rings. The number of aliphatic hydroxyl groups excluding tert-OH is 1. The van der Waals surface area contributed by atoms with Crippen molar-refractivity contribution >= 4 is 5.91 Å². The molecule has 1 fully saturated rings. The zero-order valence-corrected chi connectivity index (χ0v) is 10.3. The molecule has 1 amide bonds. The van der Waals surface area contributed by atoms with Crippen LogP contribution in [0.4, 0.5) is 0 Å². The molecule has 92 valence electrons. The molecule has 4 nitrogen and oxygen atoms in total. The van der Waals surface area contributed by atoms with Gasteiger partial charge in [-0.15, -0.1) is 0 Å². The molecule has 0 radical (unpaired) electrons. The third-order valence-corrected chi connectivity index (χ3v) is 3.31. The van der Waals surface area contributed by atoms with E-state index in [1.165, 1.54) is 0 Å². The van der Waals surface area contributed by atoms with Crippen LogP contribution < -0.4 is 0 Å². The van der Waals surface area contributed by atoms with Crippen molar-refractivity contribution < 1.29 is 9.90 Å². The topological polar surface area (TPSA) is 53.4 Å². The largest absolute Gasteiger partial charge is 0.393 e. The predicted molar refractivity (Wildman–Crippen MR) is 64.7 cm³/mol. The van der Waals surface area contributed by atoms with Gasteiger partial charge in [0.05, 0.1) is 11.7 Å². The van der Waals surface area contributed by atoms with E-state index in [1.54, 1.807) is 17.2 Å². The van der Waals surface area contributed by atoms with Crippen molar-refractivity contribution in [3.05, 3.63) is 29.6 Å². The molecule has 2 rings (SSSR count). The summed E-state index contributed by atoms with van der Waals surface area (Å²) in [4.78, 5) is 18.1. The minimum atomic E-state index is -0.282. The fourth-order valence-corrected chi connectivity index (χ4v) is 2.09. The van der Waals surface area contributed by atoms with E-state index >= 15 is 0 Å². The number of rotatable bonds is 1. The lowest BCUT2D eigenvalue weighted by atomic mass is 9.96. The average Bonchev–Trinajstić information content (AvgIpc) is 2.33. The molecule has 4 heteroatoms. The molecule has 1 aliphatic heterocycles. The minimum absolute atomic E-state index is 0.0104. The number of hydrogen-bond acceptors (Lipinski definition) is 3. The lowest BCUT2D eigenvalue weighted by Gasteiger charge is -2.34. The van der Waals surface area contributed by atoms with Gasteiger partial charge in [0.15, 0.2) is 0 Å². The van der Waals surface area contributed by atoms with Crippen molar-refractivity contribution in [2.24, 2.45) is 5.92 Å². The number of aromatic nitrogens is 1. The Bertz CT molecular complexity index is 402. The standard InChI is InChI=1S/C13H18N2O2/c1-9-8-15(6-5-12(9)16)13(17)11-4-3-10(2)14-7-11/h3-4,7,9,12,16H,5-6,8H2,1-2H3. The molecule has 2 unspecified atom stereocenters. The molecular formula is C13H18N2O2. The number of carbonyl (C=O) groups is 1. The van der Waals surface area contributed by atoms with Gasteiger partial charge in [0, 0.05) is 25.0 Å². The fraction of sp³-hybridized carbons (Fsp3) is 0.538. The maximum absolute atomic E-state index is 12.2. The second kappa shape index (κ2) is 4.84. The minimum Gasteiger partial charge on any atom is -0.393 e. The number of likely N-dealkylation sites (tertiary alicyclic amines) is 1. The van der Waals surface area contributed by atoms with Gasteiger partial charge in [-0.2, -0.15) is 0 Å². The molecule has 1 saturated heterocycles. The summed E-state index contributed by atoms with van der Waals surface area (Å²) in [5, 5.41) is 9.63. The number of carbonyl (C=O) groups excluding carboxylic acids is 1. The van der Waals surface area contributed by atoms with Gasteiger partial charge in [-0.3, -0.25) is 9.78 Å². The third kappa shape index (κ3) is 2.64. The summed E-state index contributed by atoms with van der Waals surface area (Å²) in [6, 6.07) is 3.65. The molecule has 2 atom stereocenters. The van der Waals surface area contributed by atoms with Gasteiger partial charge in [-0.05, 0) is 31.4 Å². The third-order valence-electron chi connectivity index (χ3n) is 3.31. The highest BCUT2D eigenvalue weighted by molar-refractivity contribution is 5.94. The van der Waals surface area contributed by atoms with E-state index in [9.17, 15) is 9.90 Å². The van der Waals surface area contributed by atoms with Crippen LogP contribution in [-0.2, 0) is 0 Å². The highest BCUT2D eigenvalue weighted by Crippen LogP contribution is 2.18. The molecule has 1 aromatic heterocycles. The smallest absolute Gasteiger partial charge is 0.255 e. The number of aliphatic hydroxyl groups is 1. The Balaban J connectivity index is 2.08. The zero-order chi connectivity index (χ0) is 12.4. The van der Waals surface area contributed by atoms with Crippen molar-refractivity contribution in [2.45, 2.75) is 26.4 Å².